The number of halogens is 1. The average molecular weight is 452 g/mol. The number of aliphatic hydroxyl groups is 1. The minimum absolute atomic E-state index is 0.223. The maximum atomic E-state index is 10.5. The topological polar surface area (TPSA) is 51.2 Å². The lowest BCUT2D eigenvalue weighted by atomic mass is 10.1. The highest BCUT2D eigenvalue weighted by Gasteiger charge is 2.16. The summed E-state index contributed by atoms with van der Waals surface area (Å²) in [4.78, 5) is 2.24. The smallest absolute Gasteiger partial charge is 0.133 e. The zero-order chi connectivity index (χ0) is 20.4. The van der Waals surface area contributed by atoms with E-state index in [1.54, 1.807) is 7.11 Å². The first-order valence-electron chi connectivity index (χ1n) is 9.49. The summed E-state index contributed by atoms with van der Waals surface area (Å²) in [5.41, 5.74) is 1.23. The van der Waals surface area contributed by atoms with Crippen molar-refractivity contribution in [1.29, 1.82) is 0 Å². The molecule has 1 atom stereocenters. The second kappa shape index (κ2) is 12.1. The van der Waals surface area contributed by atoms with Crippen LogP contribution < -0.4 is 9.47 Å². The first kappa shape index (κ1) is 22.7. The number of ether oxygens (including phenoxy) is 3. The molecule has 0 aliphatic heterocycles. The van der Waals surface area contributed by atoms with Crippen LogP contribution in [0.1, 0.15) is 19.4 Å². The van der Waals surface area contributed by atoms with E-state index >= 15 is 0 Å². The molecule has 154 valence electrons. The van der Waals surface area contributed by atoms with E-state index in [-0.39, 0.29) is 6.61 Å². The molecule has 28 heavy (non-hydrogen) atoms. The highest BCUT2D eigenvalue weighted by Crippen LogP contribution is 2.29. The van der Waals surface area contributed by atoms with Crippen LogP contribution in [0.2, 0.25) is 0 Å². The Bertz CT molecular complexity index is 696. The fraction of sp³-hybridized carbons (Fsp3) is 0.455. The maximum absolute atomic E-state index is 10.5. The van der Waals surface area contributed by atoms with E-state index in [4.69, 9.17) is 14.2 Å². The molecule has 2 rings (SSSR count). The Labute approximate surface area is 176 Å². The molecular weight excluding hydrogens is 422 g/mol. The van der Waals surface area contributed by atoms with Gasteiger partial charge in [0.2, 0.25) is 0 Å². The van der Waals surface area contributed by atoms with Gasteiger partial charge in [-0.25, -0.2) is 0 Å². The molecule has 0 saturated heterocycles. The third-order valence-electron chi connectivity index (χ3n) is 4.29. The van der Waals surface area contributed by atoms with Gasteiger partial charge < -0.3 is 19.3 Å². The Morgan fingerprint density at radius 2 is 1.79 bits per heavy atom. The van der Waals surface area contributed by atoms with Crippen molar-refractivity contribution in [1.82, 2.24) is 4.90 Å². The summed E-state index contributed by atoms with van der Waals surface area (Å²) in [5.74, 6) is 1.42. The molecular formula is C22H30BrNO4. The van der Waals surface area contributed by atoms with Crippen molar-refractivity contribution in [2.75, 3.05) is 33.5 Å². The standard InChI is InChI=1S/C22H30BrNO4/c1-17(2)24(14-18-7-5-4-6-8-18)15-19(25)16-28-22-10-9-20(13-21(22)23)27-12-11-26-3/h4-10,13,17,19,25H,11-12,14-16H2,1-3H3. The Hall–Kier alpha value is -1.60. The van der Waals surface area contributed by atoms with Crippen molar-refractivity contribution in [3.63, 3.8) is 0 Å². The van der Waals surface area contributed by atoms with Crippen LogP contribution in [0.5, 0.6) is 11.5 Å². The van der Waals surface area contributed by atoms with Crippen LogP contribution >= 0.6 is 15.9 Å². The number of rotatable bonds is 12. The highest BCUT2D eigenvalue weighted by molar-refractivity contribution is 9.10. The fourth-order valence-corrected chi connectivity index (χ4v) is 3.19. The lowest BCUT2D eigenvalue weighted by Crippen LogP contribution is -2.39. The molecule has 0 amide bonds. The van der Waals surface area contributed by atoms with E-state index in [2.05, 4.69) is 46.8 Å². The lowest BCUT2D eigenvalue weighted by molar-refractivity contribution is 0.0540. The molecule has 2 aromatic rings. The Morgan fingerprint density at radius 3 is 2.43 bits per heavy atom. The normalized spacial score (nSPS) is 12.4. The van der Waals surface area contributed by atoms with Gasteiger partial charge in [-0.2, -0.15) is 0 Å². The van der Waals surface area contributed by atoms with Crippen molar-refractivity contribution in [3.05, 3.63) is 58.6 Å². The molecule has 0 aromatic heterocycles. The van der Waals surface area contributed by atoms with E-state index in [0.717, 1.165) is 16.8 Å². The van der Waals surface area contributed by atoms with E-state index in [0.29, 0.717) is 31.5 Å². The van der Waals surface area contributed by atoms with Gasteiger partial charge in [0.1, 0.15) is 30.8 Å². The quantitative estimate of drug-likeness (QED) is 0.491. The van der Waals surface area contributed by atoms with Gasteiger partial charge >= 0.3 is 0 Å². The van der Waals surface area contributed by atoms with Crippen LogP contribution in [0.4, 0.5) is 0 Å². The first-order valence-corrected chi connectivity index (χ1v) is 10.3. The molecule has 2 aromatic carbocycles. The van der Waals surface area contributed by atoms with Crippen LogP contribution in [0, 0.1) is 0 Å². The van der Waals surface area contributed by atoms with Crippen LogP contribution in [-0.4, -0.2) is 55.6 Å². The number of nitrogens with zero attached hydrogens (tertiary/aromatic N) is 1. The van der Waals surface area contributed by atoms with E-state index in [1.165, 1.54) is 5.56 Å². The zero-order valence-electron chi connectivity index (χ0n) is 16.8. The summed E-state index contributed by atoms with van der Waals surface area (Å²) >= 11 is 3.50. The van der Waals surface area contributed by atoms with Crippen molar-refractivity contribution in [2.24, 2.45) is 0 Å². The van der Waals surface area contributed by atoms with Gasteiger partial charge in [0.25, 0.3) is 0 Å². The van der Waals surface area contributed by atoms with E-state index in [1.807, 2.05) is 36.4 Å². The van der Waals surface area contributed by atoms with Crippen molar-refractivity contribution in [3.8, 4) is 11.5 Å². The number of methoxy groups -OCH3 is 1. The molecule has 0 aliphatic rings. The summed E-state index contributed by atoms with van der Waals surface area (Å²) in [6.45, 7) is 6.87. The molecule has 6 heteroatoms. The Morgan fingerprint density at radius 1 is 1.04 bits per heavy atom. The SMILES string of the molecule is COCCOc1ccc(OCC(O)CN(Cc2ccccc2)C(C)C)c(Br)c1. The molecule has 0 fully saturated rings. The van der Waals surface area contributed by atoms with Gasteiger partial charge in [0, 0.05) is 26.2 Å². The maximum Gasteiger partial charge on any atom is 0.133 e. The highest BCUT2D eigenvalue weighted by atomic mass is 79.9. The minimum Gasteiger partial charge on any atom is -0.491 e. The first-order chi connectivity index (χ1) is 13.5. The van der Waals surface area contributed by atoms with Crippen LogP contribution in [0.15, 0.2) is 53.0 Å². The monoisotopic (exact) mass is 451 g/mol. The van der Waals surface area contributed by atoms with E-state index < -0.39 is 6.10 Å². The fourth-order valence-electron chi connectivity index (χ4n) is 2.72. The number of hydrogen-bond acceptors (Lipinski definition) is 5. The summed E-state index contributed by atoms with van der Waals surface area (Å²) in [6, 6.07) is 16.1. The molecule has 1 N–H and O–H groups in total. The predicted molar refractivity (Wildman–Crippen MR) is 115 cm³/mol. The number of hydrogen-bond donors (Lipinski definition) is 1. The van der Waals surface area contributed by atoms with E-state index in [9.17, 15) is 5.11 Å². The van der Waals surface area contributed by atoms with Gasteiger partial charge in [-0.1, -0.05) is 30.3 Å². The van der Waals surface area contributed by atoms with Crippen molar-refractivity contribution >= 4 is 15.9 Å². The van der Waals surface area contributed by atoms with Crippen molar-refractivity contribution in [2.45, 2.75) is 32.5 Å². The predicted octanol–water partition coefficient (Wildman–Crippen LogP) is 4.12. The molecule has 0 bridgehead atoms. The molecule has 0 saturated carbocycles. The third kappa shape index (κ3) is 7.80. The summed E-state index contributed by atoms with van der Waals surface area (Å²) in [7, 11) is 1.64. The molecule has 5 nitrogen and oxygen atoms in total. The third-order valence-corrected chi connectivity index (χ3v) is 4.91. The van der Waals surface area contributed by atoms with Crippen LogP contribution in [0.25, 0.3) is 0 Å². The summed E-state index contributed by atoms with van der Waals surface area (Å²) < 4.78 is 17.1. The van der Waals surface area contributed by atoms with Crippen molar-refractivity contribution < 1.29 is 19.3 Å². The second-order valence-corrected chi connectivity index (χ2v) is 7.76. The van der Waals surface area contributed by atoms with Gasteiger partial charge in [0.15, 0.2) is 0 Å². The summed E-state index contributed by atoms with van der Waals surface area (Å²) in [5, 5.41) is 10.5. The van der Waals surface area contributed by atoms with Crippen LogP contribution in [0.3, 0.4) is 0 Å². The molecule has 1 unspecified atom stereocenters. The largest absolute Gasteiger partial charge is 0.491 e. The molecule has 0 aliphatic carbocycles. The van der Waals surface area contributed by atoms with Gasteiger partial charge in [-0.3, -0.25) is 4.90 Å². The van der Waals surface area contributed by atoms with Gasteiger partial charge in [0.05, 0.1) is 11.1 Å². The lowest BCUT2D eigenvalue weighted by Gasteiger charge is -2.29. The van der Waals surface area contributed by atoms with Gasteiger partial charge in [-0.15, -0.1) is 0 Å². The molecule has 0 heterocycles. The second-order valence-electron chi connectivity index (χ2n) is 6.91. The average Bonchev–Trinajstić information content (AvgIpc) is 2.68. The van der Waals surface area contributed by atoms with Gasteiger partial charge in [-0.05, 0) is 53.5 Å². The molecule has 0 spiro atoms. The minimum atomic E-state index is -0.587. The number of aliphatic hydroxyl groups excluding tert-OH is 1. The Kier molecular flexibility index (Phi) is 9.78. The Balaban J connectivity index is 1.85. The zero-order valence-corrected chi connectivity index (χ0v) is 18.4. The molecule has 0 radical (unpaired) electrons. The number of benzene rings is 2. The summed E-state index contributed by atoms with van der Waals surface area (Å²) in [6.07, 6.45) is -0.587. The van der Waals surface area contributed by atoms with Crippen LogP contribution in [-0.2, 0) is 11.3 Å².